The molecule has 1 rings (SSSR count). The molecule has 0 amide bonds. The SMILES string of the molecule is CCC(CC)C(O)C(O)c1c(Br)nnn1C. The Balaban J connectivity index is 2.89. The summed E-state index contributed by atoms with van der Waals surface area (Å²) >= 11 is 3.21. The van der Waals surface area contributed by atoms with Crippen molar-refractivity contribution in [2.45, 2.75) is 38.9 Å². The molecule has 2 N–H and O–H groups in total. The van der Waals surface area contributed by atoms with Crippen molar-refractivity contribution in [2.24, 2.45) is 13.0 Å². The van der Waals surface area contributed by atoms with Crippen LogP contribution < -0.4 is 0 Å². The Morgan fingerprint density at radius 1 is 1.31 bits per heavy atom. The summed E-state index contributed by atoms with van der Waals surface area (Å²) in [5, 5.41) is 27.7. The first-order valence-corrected chi connectivity index (χ1v) is 6.23. The predicted molar refractivity (Wildman–Crippen MR) is 63.7 cm³/mol. The Morgan fingerprint density at radius 2 is 1.88 bits per heavy atom. The molecule has 1 heterocycles. The van der Waals surface area contributed by atoms with Gasteiger partial charge in [0.25, 0.3) is 0 Å². The van der Waals surface area contributed by atoms with Crippen molar-refractivity contribution in [1.29, 1.82) is 0 Å². The van der Waals surface area contributed by atoms with Gasteiger partial charge in [0, 0.05) is 7.05 Å². The zero-order chi connectivity index (χ0) is 12.3. The lowest BCUT2D eigenvalue weighted by Gasteiger charge is -2.24. The van der Waals surface area contributed by atoms with Gasteiger partial charge in [-0.25, -0.2) is 4.68 Å². The molecule has 2 unspecified atom stereocenters. The van der Waals surface area contributed by atoms with E-state index in [0.717, 1.165) is 12.8 Å². The minimum absolute atomic E-state index is 0.0804. The smallest absolute Gasteiger partial charge is 0.154 e. The number of halogens is 1. The number of rotatable bonds is 5. The molecule has 0 radical (unpaired) electrons. The Morgan fingerprint density at radius 3 is 2.25 bits per heavy atom. The molecule has 6 heteroatoms. The van der Waals surface area contributed by atoms with E-state index in [1.807, 2.05) is 13.8 Å². The van der Waals surface area contributed by atoms with Gasteiger partial charge in [-0.3, -0.25) is 0 Å². The first kappa shape index (κ1) is 13.6. The van der Waals surface area contributed by atoms with Crippen LogP contribution in [0.25, 0.3) is 0 Å². The molecule has 92 valence electrons. The van der Waals surface area contributed by atoms with E-state index in [1.54, 1.807) is 7.05 Å². The molecule has 5 nitrogen and oxygen atoms in total. The van der Waals surface area contributed by atoms with Gasteiger partial charge in [-0.2, -0.15) is 0 Å². The lowest BCUT2D eigenvalue weighted by atomic mass is 9.92. The molecule has 2 atom stereocenters. The first-order valence-electron chi connectivity index (χ1n) is 5.44. The highest BCUT2D eigenvalue weighted by molar-refractivity contribution is 9.10. The standard InChI is InChI=1S/C10H18BrN3O2/c1-4-6(5-2)8(15)9(16)7-10(11)12-13-14(7)3/h6,8-9,15-16H,4-5H2,1-3H3. The molecule has 0 bridgehead atoms. The van der Waals surface area contributed by atoms with Crippen LogP contribution in [0, 0.1) is 5.92 Å². The third kappa shape index (κ3) is 2.61. The summed E-state index contributed by atoms with van der Waals surface area (Å²) in [5.74, 6) is 0.0804. The number of aliphatic hydroxyl groups excluding tert-OH is 2. The van der Waals surface area contributed by atoms with Crippen LogP contribution in [0.5, 0.6) is 0 Å². The van der Waals surface area contributed by atoms with E-state index < -0.39 is 12.2 Å². The van der Waals surface area contributed by atoms with Gasteiger partial charge in [-0.15, -0.1) is 5.10 Å². The van der Waals surface area contributed by atoms with Gasteiger partial charge >= 0.3 is 0 Å². The average molecular weight is 292 g/mol. The average Bonchev–Trinajstić information content (AvgIpc) is 2.59. The second kappa shape index (κ2) is 5.75. The summed E-state index contributed by atoms with van der Waals surface area (Å²) in [7, 11) is 1.69. The second-order valence-electron chi connectivity index (χ2n) is 3.90. The van der Waals surface area contributed by atoms with Crippen LogP contribution in [0.3, 0.4) is 0 Å². The fourth-order valence-corrected chi connectivity index (χ4v) is 2.41. The van der Waals surface area contributed by atoms with E-state index in [2.05, 4.69) is 26.2 Å². The van der Waals surface area contributed by atoms with Gasteiger partial charge in [0.1, 0.15) is 11.8 Å². The summed E-state index contributed by atoms with van der Waals surface area (Å²) < 4.78 is 1.95. The number of aromatic nitrogens is 3. The fourth-order valence-electron chi connectivity index (χ4n) is 1.84. The summed E-state index contributed by atoms with van der Waals surface area (Å²) in [6, 6.07) is 0. The van der Waals surface area contributed by atoms with Crippen LogP contribution >= 0.6 is 15.9 Å². The van der Waals surface area contributed by atoms with Crippen molar-refractivity contribution in [3.05, 3.63) is 10.3 Å². The number of aliphatic hydroxyl groups is 2. The molecular weight excluding hydrogens is 274 g/mol. The summed E-state index contributed by atoms with van der Waals surface area (Å²) in [6.07, 6.45) is -0.0855. The lowest BCUT2D eigenvalue weighted by Crippen LogP contribution is -2.28. The molecule has 0 spiro atoms. The molecule has 16 heavy (non-hydrogen) atoms. The third-order valence-corrected chi connectivity index (χ3v) is 3.53. The minimum atomic E-state index is -0.959. The van der Waals surface area contributed by atoms with Gasteiger partial charge < -0.3 is 10.2 Å². The quantitative estimate of drug-likeness (QED) is 0.860. The van der Waals surface area contributed by atoms with Crippen molar-refractivity contribution in [1.82, 2.24) is 15.0 Å². The van der Waals surface area contributed by atoms with Gasteiger partial charge in [0.15, 0.2) is 4.60 Å². The molecule has 1 aromatic heterocycles. The highest BCUT2D eigenvalue weighted by Gasteiger charge is 2.29. The van der Waals surface area contributed by atoms with E-state index in [9.17, 15) is 10.2 Å². The molecular formula is C10H18BrN3O2. The number of hydrogen-bond donors (Lipinski definition) is 2. The molecule has 0 aliphatic rings. The van der Waals surface area contributed by atoms with Crippen LogP contribution in [0.4, 0.5) is 0 Å². The zero-order valence-corrected chi connectivity index (χ0v) is 11.3. The molecule has 0 aliphatic heterocycles. The molecule has 0 fully saturated rings. The van der Waals surface area contributed by atoms with Crippen molar-refractivity contribution in [3.8, 4) is 0 Å². The predicted octanol–water partition coefficient (Wildman–Crippen LogP) is 1.41. The maximum Gasteiger partial charge on any atom is 0.154 e. The van der Waals surface area contributed by atoms with Crippen LogP contribution in [0.15, 0.2) is 4.60 Å². The molecule has 0 aliphatic carbocycles. The molecule has 0 aromatic carbocycles. The summed E-state index contributed by atoms with van der Waals surface area (Å²) in [4.78, 5) is 0. The Hall–Kier alpha value is -0.460. The van der Waals surface area contributed by atoms with Crippen LogP contribution in [-0.2, 0) is 7.05 Å². The number of hydrogen-bond acceptors (Lipinski definition) is 4. The van der Waals surface area contributed by atoms with E-state index in [1.165, 1.54) is 4.68 Å². The normalized spacial score (nSPS) is 15.4. The highest BCUT2D eigenvalue weighted by atomic mass is 79.9. The molecule has 1 aromatic rings. The first-order chi connectivity index (χ1) is 7.52. The van der Waals surface area contributed by atoms with Gasteiger partial charge in [0.05, 0.1) is 6.10 Å². The van der Waals surface area contributed by atoms with Crippen molar-refractivity contribution < 1.29 is 10.2 Å². The van der Waals surface area contributed by atoms with Crippen molar-refractivity contribution in [2.75, 3.05) is 0 Å². The number of nitrogens with zero attached hydrogens (tertiary/aromatic N) is 3. The summed E-state index contributed by atoms with van der Waals surface area (Å²) in [5.41, 5.74) is 0.513. The maximum absolute atomic E-state index is 10.1. The highest BCUT2D eigenvalue weighted by Crippen LogP contribution is 2.28. The van der Waals surface area contributed by atoms with Gasteiger partial charge in [0.2, 0.25) is 0 Å². The summed E-state index contributed by atoms with van der Waals surface area (Å²) in [6.45, 7) is 4.00. The maximum atomic E-state index is 10.1. The monoisotopic (exact) mass is 291 g/mol. The van der Waals surface area contributed by atoms with E-state index in [0.29, 0.717) is 10.3 Å². The van der Waals surface area contributed by atoms with Gasteiger partial charge in [-0.05, 0) is 21.8 Å². The largest absolute Gasteiger partial charge is 0.390 e. The van der Waals surface area contributed by atoms with Crippen LogP contribution in [0.2, 0.25) is 0 Å². The molecule has 0 saturated carbocycles. The van der Waals surface area contributed by atoms with Gasteiger partial charge in [-0.1, -0.05) is 31.9 Å². The molecule has 0 saturated heterocycles. The lowest BCUT2D eigenvalue weighted by molar-refractivity contribution is -0.0251. The van der Waals surface area contributed by atoms with E-state index >= 15 is 0 Å². The fraction of sp³-hybridized carbons (Fsp3) is 0.800. The van der Waals surface area contributed by atoms with E-state index in [4.69, 9.17) is 0 Å². The third-order valence-electron chi connectivity index (χ3n) is 2.96. The Bertz CT molecular complexity index is 319. The van der Waals surface area contributed by atoms with Crippen molar-refractivity contribution >= 4 is 15.9 Å². The minimum Gasteiger partial charge on any atom is -0.390 e. The van der Waals surface area contributed by atoms with E-state index in [-0.39, 0.29) is 5.92 Å². The van der Waals surface area contributed by atoms with Crippen LogP contribution in [-0.4, -0.2) is 31.3 Å². The Kier molecular flexibility index (Phi) is 4.89. The second-order valence-corrected chi connectivity index (χ2v) is 4.65. The van der Waals surface area contributed by atoms with Crippen molar-refractivity contribution in [3.63, 3.8) is 0 Å². The topological polar surface area (TPSA) is 71.2 Å². The number of aryl methyl sites for hydroxylation is 1. The van der Waals surface area contributed by atoms with Crippen LogP contribution in [0.1, 0.15) is 38.5 Å². The zero-order valence-electron chi connectivity index (χ0n) is 9.76. The Labute approximate surface area is 104 Å².